The molecule has 0 aliphatic rings. The molecule has 0 atom stereocenters. The Balaban J connectivity index is 1.92. The summed E-state index contributed by atoms with van der Waals surface area (Å²) in [4.78, 5) is 36.4. The minimum atomic E-state index is -0.472. The topological polar surface area (TPSA) is 102 Å². The fourth-order valence-corrected chi connectivity index (χ4v) is 2.66. The van der Waals surface area contributed by atoms with Crippen LogP contribution in [0.15, 0.2) is 42.5 Å². The molecule has 0 saturated carbocycles. The fourth-order valence-electron chi connectivity index (χ4n) is 2.66. The number of rotatable bonds is 8. The number of nitrogens with one attached hydrogen (secondary N) is 1. The molecular formula is C20H23N3O5. The third kappa shape index (κ3) is 5.29. The minimum absolute atomic E-state index is 0.00356. The molecule has 1 N–H and O–H groups in total. The van der Waals surface area contributed by atoms with Gasteiger partial charge in [0.05, 0.1) is 4.92 Å². The lowest BCUT2D eigenvalue weighted by atomic mass is 10.1. The molecule has 8 heteroatoms. The molecule has 28 heavy (non-hydrogen) atoms. The highest BCUT2D eigenvalue weighted by Crippen LogP contribution is 2.23. The predicted octanol–water partition coefficient (Wildman–Crippen LogP) is 3.40. The van der Waals surface area contributed by atoms with Crippen LogP contribution in [0.2, 0.25) is 0 Å². The lowest BCUT2D eigenvalue weighted by Crippen LogP contribution is -2.30. The molecule has 2 amide bonds. The molecule has 148 valence electrons. The summed E-state index contributed by atoms with van der Waals surface area (Å²) in [6.45, 7) is 6.47. The average molecular weight is 385 g/mol. The molecule has 0 heterocycles. The highest BCUT2D eigenvalue weighted by atomic mass is 16.6. The molecular weight excluding hydrogens is 362 g/mol. The molecule has 2 aromatic carbocycles. The van der Waals surface area contributed by atoms with Crippen molar-refractivity contribution >= 4 is 23.2 Å². The van der Waals surface area contributed by atoms with E-state index in [0.29, 0.717) is 35.7 Å². The van der Waals surface area contributed by atoms with Gasteiger partial charge in [0, 0.05) is 36.0 Å². The third-order valence-electron chi connectivity index (χ3n) is 4.20. The van der Waals surface area contributed by atoms with Crippen molar-refractivity contribution in [1.29, 1.82) is 0 Å². The second kappa shape index (κ2) is 9.50. The number of anilines is 1. The van der Waals surface area contributed by atoms with Crippen LogP contribution >= 0.6 is 0 Å². The van der Waals surface area contributed by atoms with Gasteiger partial charge in [-0.15, -0.1) is 0 Å². The van der Waals surface area contributed by atoms with Gasteiger partial charge in [-0.25, -0.2) is 0 Å². The third-order valence-corrected chi connectivity index (χ3v) is 4.20. The Bertz CT molecular complexity index is 861. The van der Waals surface area contributed by atoms with Crippen molar-refractivity contribution < 1.29 is 19.2 Å². The number of nitro benzene ring substituents is 1. The fraction of sp³-hybridized carbons (Fsp3) is 0.300. The Hall–Kier alpha value is -3.42. The van der Waals surface area contributed by atoms with Gasteiger partial charge in [0.2, 0.25) is 0 Å². The summed E-state index contributed by atoms with van der Waals surface area (Å²) < 4.78 is 5.38. The van der Waals surface area contributed by atoms with E-state index in [9.17, 15) is 19.7 Å². The second-order valence-electron chi connectivity index (χ2n) is 6.10. The first-order valence-electron chi connectivity index (χ1n) is 8.92. The highest BCUT2D eigenvalue weighted by Gasteiger charge is 2.13. The monoisotopic (exact) mass is 385 g/mol. The lowest BCUT2D eigenvalue weighted by molar-refractivity contribution is -0.385. The van der Waals surface area contributed by atoms with Gasteiger partial charge in [0.15, 0.2) is 6.61 Å². The first kappa shape index (κ1) is 20.9. The standard InChI is InChI=1S/C20H23N3O5/c1-4-22(5-2)20(25)15-6-8-16(9-7-15)21-19(24)13-28-17-10-11-18(23(26)27)14(3)12-17/h6-12H,4-5,13H2,1-3H3,(H,21,24). The smallest absolute Gasteiger partial charge is 0.272 e. The second-order valence-corrected chi connectivity index (χ2v) is 6.10. The molecule has 0 aliphatic carbocycles. The zero-order valence-electron chi connectivity index (χ0n) is 16.1. The predicted molar refractivity (Wildman–Crippen MR) is 106 cm³/mol. The number of hydrogen-bond acceptors (Lipinski definition) is 5. The summed E-state index contributed by atoms with van der Waals surface area (Å²) in [5.74, 6) is -0.0583. The highest BCUT2D eigenvalue weighted by molar-refractivity contribution is 5.96. The summed E-state index contributed by atoms with van der Waals surface area (Å²) in [5, 5.41) is 13.5. The van der Waals surface area contributed by atoms with Gasteiger partial charge < -0.3 is 15.0 Å². The zero-order chi connectivity index (χ0) is 20.7. The number of hydrogen-bond donors (Lipinski definition) is 1. The van der Waals surface area contributed by atoms with E-state index in [1.807, 2.05) is 13.8 Å². The van der Waals surface area contributed by atoms with Crippen molar-refractivity contribution in [1.82, 2.24) is 4.90 Å². The summed E-state index contributed by atoms with van der Waals surface area (Å²) in [6, 6.07) is 10.9. The van der Waals surface area contributed by atoms with Crippen molar-refractivity contribution in [3.05, 3.63) is 63.7 Å². The normalized spacial score (nSPS) is 10.2. The average Bonchev–Trinajstić information content (AvgIpc) is 2.67. The molecule has 0 saturated heterocycles. The van der Waals surface area contributed by atoms with Crippen molar-refractivity contribution in [2.24, 2.45) is 0 Å². The Labute approximate surface area is 163 Å². The molecule has 2 aromatic rings. The van der Waals surface area contributed by atoms with Gasteiger partial charge >= 0.3 is 0 Å². The summed E-state index contributed by atoms with van der Waals surface area (Å²) in [7, 11) is 0. The Morgan fingerprint density at radius 3 is 2.29 bits per heavy atom. The van der Waals surface area contributed by atoms with Crippen LogP contribution < -0.4 is 10.1 Å². The van der Waals surface area contributed by atoms with E-state index in [1.54, 1.807) is 36.1 Å². The van der Waals surface area contributed by atoms with Crippen LogP contribution in [-0.4, -0.2) is 41.3 Å². The number of carbonyl (C=O) groups is 2. The van der Waals surface area contributed by atoms with Crippen LogP contribution in [0.1, 0.15) is 29.8 Å². The summed E-state index contributed by atoms with van der Waals surface area (Å²) in [5.41, 5.74) is 1.55. The van der Waals surface area contributed by atoms with Gasteiger partial charge in [-0.1, -0.05) is 0 Å². The molecule has 0 aliphatic heterocycles. The number of aryl methyl sites for hydroxylation is 1. The van der Waals surface area contributed by atoms with E-state index in [4.69, 9.17) is 4.74 Å². The van der Waals surface area contributed by atoms with E-state index in [2.05, 4.69) is 5.32 Å². The molecule has 0 spiro atoms. The molecule has 0 bridgehead atoms. The minimum Gasteiger partial charge on any atom is -0.484 e. The summed E-state index contributed by atoms with van der Waals surface area (Å²) >= 11 is 0. The number of benzene rings is 2. The van der Waals surface area contributed by atoms with Crippen LogP contribution in [0.25, 0.3) is 0 Å². The van der Waals surface area contributed by atoms with Crippen molar-refractivity contribution in [3.63, 3.8) is 0 Å². The van der Waals surface area contributed by atoms with Crippen LogP contribution in [0.5, 0.6) is 5.75 Å². The number of carbonyl (C=O) groups excluding carboxylic acids is 2. The lowest BCUT2D eigenvalue weighted by Gasteiger charge is -2.18. The van der Waals surface area contributed by atoms with Crippen molar-refractivity contribution in [2.45, 2.75) is 20.8 Å². The quantitative estimate of drug-likeness (QED) is 0.554. The maximum atomic E-state index is 12.3. The molecule has 2 rings (SSSR count). The van der Waals surface area contributed by atoms with Gasteiger partial charge in [0.1, 0.15) is 5.75 Å². The number of nitrogens with zero attached hydrogens (tertiary/aromatic N) is 2. The van der Waals surface area contributed by atoms with E-state index >= 15 is 0 Å². The number of amides is 2. The van der Waals surface area contributed by atoms with Crippen LogP contribution in [0.3, 0.4) is 0 Å². The van der Waals surface area contributed by atoms with Crippen LogP contribution in [-0.2, 0) is 4.79 Å². The van der Waals surface area contributed by atoms with E-state index in [-0.39, 0.29) is 24.1 Å². The van der Waals surface area contributed by atoms with E-state index < -0.39 is 4.92 Å². The summed E-state index contributed by atoms with van der Waals surface area (Å²) in [6.07, 6.45) is 0. The molecule has 0 unspecified atom stereocenters. The van der Waals surface area contributed by atoms with Crippen LogP contribution in [0.4, 0.5) is 11.4 Å². The Morgan fingerprint density at radius 1 is 1.11 bits per heavy atom. The van der Waals surface area contributed by atoms with E-state index in [0.717, 1.165) is 0 Å². The largest absolute Gasteiger partial charge is 0.484 e. The Morgan fingerprint density at radius 2 is 1.75 bits per heavy atom. The molecule has 0 fully saturated rings. The first-order chi connectivity index (χ1) is 13.3. The number of nitro groups is 1. The van der Waals surface area contributed by atoms with Gasteiger partial charge in [-0.05, 0) is 57.2 Å². The van der Waals surface area contributed by atoms with E-state index in [1.165, 1.54) is 18.2 Å². The van der Waals surface area contributed by atoms with Crippen molar-refractivity contribution in [3.8, 4) is 5.75 Å². The molecule has 0 aromatic heterocycles. The molecule has 8 nitrogen and oxygen atoms in total. The SMILES string of the molecule is CCN(CC)C(=O)c1ccc(NC(=O)COc2ccc([N+](=O)[O-])c(C)c2)cc1. The maximum absolute atomic E-state index is 12.3. The maximum Gasteiger partial charge on any atom is 0.272 e. The zero-order valence-corrected chi connectivity index (χ0v) is 16.1. The molecule has 0 radical (unpaired) electrons. The van der Waals surface area contributed by atoms with Gasteiger partial charge in [-0.3, -0.25) is 19.7 Å². The van der Waals surface area contributed by atoms with Crippen LogP contribution in [0, 0.1) is 17.0 Å². The van der Waals surface area contributed by atoms with Gasteiger partial charge in [0.25, 0.3) is 17.5 Å². The van der Waals surface area contributed by atoms with Crippen molar-refractivity contribution in [2.75, 3.05) is 25.0 Å². The first-order valence-corrected chi connectivity index (χ1v) is 8.92. The number of ether oxygens (including phenoxy) is 1. The Kier molecular flexibility index (Phi) is 7.08. The van der Waals surface area contributed by atoms with Gasteiger partial charge in [-0.2, -0.15) is 0 Å².